The minimum absolute atomic E-state index is 0.0498. The van der Waals surface area contributed by atoms with Crippen LogP contribution >= 0.6 is 23.3 Å². The Morgan fingerprint density at radius 1 is 1.30 bits per heavy atom. The van der Waals surface area contributed by atoms with Crippen LogP contribution in [-0.2, 0) is 15.3 Å². The Morgan fingerprint density at radius 3 is 2.74 bits per heavy atom. The normalized spacial score (nSPS) is 10.3. The van der Waals surface area contributed by atoms with Crippen LogP contribution in [0.15, 0.2) is 24.3 Å². The van der Waals surface area contributed by atoms with Gasteiger partial charge in [0.2, 0.25) is 11.6 Å². The molecule has 122 valence electrons. The topological polar surface area (TPSA) is 81.2 Å². The summed E-state index contributed by atoms with van der Waals surface area (Å²) in [5, 5.41) is 6.68. The van der Waals surface area contributed by atoms with Gasteiger partial charge in [0.05, 0.1) is 12.4 Å². The van der Waals surface area contributed by atoms with E-state index in [1.54, 1.807) is 6.92 Å². The number of esters is 1. The molecule has 2 rings (SSSR count). The van der Waals surface area contributed by atoms with Gasteiger partial charge in [-0.1, -0.05) is 34.3 Å². The molecule has 0 unspecified atom stereocenters. The first-order valence-corrected chi connectivity index (χ1v) is 8.95. The lowest BCUT2D eigenvalue weighted by Crippen LogP contribution is -2.16. The summed E-state index contributed by atoms with van der Waals surface area (Å²) in [6.07, 6.45) is 0. The number of hydrogen-bond acceptors (Lipinski definition) is 7. The number of thioether (sulfide) groups is 1. The Labute approximate surface area is 142 Å². The van der Waals surface area contributed by atoms with Gasteiger partial charge in [-0.3, -0.25) is 4.79 Å². The Balaban J connectivity index is 1.82. The number of hydrogen-bond donors (Lipinski definition) is 1. The fourth-order valence-corrected chi connectivity index (χ4v) is 3.08. The van der Waals surface area contributed by atoms with Gasteiger partial charge in [-0.25, -0.2) is 4.79 Å². The summed E-state index contributed by atoms with van der Waals surface area (Å²) in [6, 6.07) is 8.19. The van der Waals surface area contributed by atoms with Gasteiger partial charge in [0.15, 0.2) is 5.00 Å². The smallest absolute Gasteiger partial charge is 0.362 e. The zero-order valence-electron chi connectivity index (χ0n) is 12.9. The average molecular weight is 351 g/mol. The molecule has 1 aromatic carbocycles. The molecule has 0 aliphatic carbocycles. The molecule has 0 spiro atoms. The average Bonchev–Trinajstić information content (AvgIpc) is 2.97. The second-order valence-electron chi connectivity index (χ2n) is 4.70. The van der Waals surface area contributed by atoms with Crippen molar-refractivity contribution < 1.29 is 14.3 Å². The molecule has 8 heteroatoms. The van der Waals surface area contributed by atoms with Crippen LogP contribution in [0.5, 0.6) is 0 Å². The third kappa shape index (κ3) is 5.33. The van der Waals surface area contributed by atoms with Gasteiger partial charge in [-0.05, 0) is 19.4 Å². The predicted molar refractivity (Wildman–Crippen MR) is 91.8 cm³/mol. The summed E-state index contributed by atoms with van der Waals surface area (Å²) in [6.45, 7) is 3.99. The van der Waals surface area contributed by atoms with E-state index in [0.717, 1.165) is 17.3 Å². The van der Waals surface area contributed by atoms with Crippen molar-refractivity contribution >= 4 is 40.2 Å². The number of amides is 1. The highest BCUT2D eigenvalue weighted by atomic mass is 32.2. The van der Waals surface area contributed by atoms with Crippen molar-refractivity contribution in [2.24, 2.45) is 0 Å². The number of carbonyl (C=O) groups is 2. The molecule has 6 nitrogen and oxygen atoms in total. The fraction of sp³-hybridized carbons (Fsp3) is 0.333. The first kappa shape index (κ1) is 17.4. The SMILES string of the molecule is CCOC(=O)c1nnsc1NC(=O)CSCc1ccc(C)cc1. The summed E-state index contributed by atoms with van der Waals surface area (Å²) in [5.41, 5.74) is 2.43. The van der Waals surface area contributed by atoms with Crippen molar-refractivity contribution in [3.05, 3.63) is 41.1 Å². The number of nitrogens with zero attached hydrogens (tertiary/aromatic N) is 2. The second-order valence-corrected chi connectivity index (χ2v) is 6.44. The lowest BCUT2D eigenvalue weighted by molar-refractivity contribution is -0.113. The highest BCUT2D eigenvalue weighted by molar-refractivity contribution is 7.99. The minimum atomic E-state index is -0.580. The van der Waals surface area contributed by atoms with E-state index in [0.29, 0.717) is 5.00 Å². The van der Waals surface area contributed by atoms with E-state index in [9.17, 15) is 9.59 Å². The molecule has 0 aliphatic rings. The summed E-state index contributed by atoms with van der Waals surface area (Å²) >= 11 is 2.46. The molecule has 0 bridgehead atoms. The van der Waals surface area contributed by atoms with E-state index in [-0.39, 0.29) is 24.0 Å². The Hall–Kier alpha value is -1.93. The van der Waals surface area contributed by atoms with Crippen LogP contribution in [-0.4, -0.2) is 33.8 Å². The van der Waals surface area contributed by atoms with Gasteiger partial charge in [-0.2, -0.15) is 0 Å². The van der Waals surface area contributed by atoms with E-state index in [2.05, 4.69) is 14.9 Å². The highest BCUT2D eigenvalue weighted by Crippen LogP contribution is 2.19. The molecule has 0 saturated heterocycles. The molecule has 0 atom stereocenters. The van der Waals surface area contributed by atoms with Crippen LogP contribution < -0.4 is 5.32 Å². The number of benzene rings is 1. The molecule has 1 amide bonds. The molecular formula is C15H17N3O3S2. The van der Waals surface area contributed by atoms with Crippen molar-refractivity contribution in [1.29, 1.82) is 0 Å². The van der Waals surface area contributed by atoms with Crippen molar-refractivity contribution in [2.45, 2.75) is 19.6 Å². The number of rotatable bonds is 7. The number of aromatic nitrogens is 2. The number of anilines is 1. The number of ether oxygens (including phenoxy) is 1. The first-order valence-electron chi connectivity index (χ1n) is 7.02. The van der Waals surface area contributed by atoms with Crippen molar-refractivity contribution in [3.8, 4) is 0 Å². The van der Waals surface area contributed by atoms with Crippen LogP contribution in [0.3, 0.4) is 0 Å². The second kappa shape index (κ2) is 8.64. The van der Waals surface area contributed by atoms with Crippen LogP contribution in [0.4, 0.5) is 5.00 Å². The molecular weight excluding hydrogens is 334 g/mol. The third-order valence-electron chi connectivity index (χ3n) is 2.83. The van der Waals surface area contributed by atoms with Crippen LogP contribution in [0, 0.1) is 6.92 Å². The summed E-state index contributed by atoms with van der Waals surface area (Å²) in [7, 11) is 0. The van der Waals surface area contributed by atoms with Crippen molar-refractivity contribution in [3.63, 3.8) is 0 Å². The quantitative estimate of drug-likeness (QED) is 0.773. The van der Waals surface area contributed by atoms with Gasteiger partial charge in [0.25, 0.3) is 0 Å². The van der Waals surface area contributed by atoms with Crippen molar-refractivity contribution in [2.75, 3.05) is 17.7 Å². The molecule has 0 saturated carbocycles. The highest BCUT2D eigenvalue weighted by Gasteiger charge is 2.19. The van der Waals surface area contributed by atoms with Crippen LogP contribution in [0.1, 0.15) is 28.5 Å². The number of aryl methyl sites for hydroxylation is 1. The molecule has 1 aromatic heterocycles. The first-order chi connectivity index (χ1) is 11.1. The third-order valence-corrected chi connectivity index (χ3v) is 4.48. The standard InChI is InChI=1S/C15H17N3O3S2/c1-3-21-15(20)13-14(23-18-17-13)16-12(19)9-22-8-11-6-4-10(2)5-7-11/h4-7H,3,8-9H2,1-2H3,(H,16,19). The van der Waals surface area contributed by atoms with Gasteiger partial charge in [0.1, 0.15) is 0 Å². The van der Waals surface area contributed by atoms with E-state index in [1.807, 2.05) is 31.2 Å². The summed E-state index contributed by atoms with van der Waals surface area (Å²) < 4.78 is 8.55. The van der Waals surface area contributed by atoms with Gasteiger partial charge < -0.3 is 10.1 Å². The largest absolute Gasteiger partial charge is 0.461 e. The molecule has 0 aliphatic heterocycles. The summed E-state index contributed by atoms with van der Waals surface area (Å²) in [5.74, 6) is 0.260. The molecule has 1 N–H and O–H groups in total. The maximum atomic E-state index is 12.0. The zero-order chi connectivity index (χ0) is 16.7. The van der Waals surface area contributed by atoms with Crippen LogP contribution in [0.25, 0.3) is 0 Å². The number of carbonyl (C=O) groups excluding carboxylic acids is 2. The summed E-state index contributed by atoms with van der Waals surface area (Å²) in [4.78, 5) is 23.6. The molecule has 1 heterocycles. The minimum Gasteiger partial charge on any atom is -0.461 e. The number of nitrogens with one attached hydrogen (secondary N) is 1. The van der Waals surface area contributed by atoms with Gasteiger partial charge in [-0.15, -0.1) is 16.9 Å². The lowest BCUT2D eigenvalue weighted by Gasteiger charge is -2.05. The molecule has 0 fully saturated rings. The van der Waals surface area contributed by atoms with Gasteiger partial charge in [0, 0.05) is 17.3 Å². The maximum Gasteiger partial charge on any atom is 0.362 e. The molecule has 2 aromatic rings. The predicted octanol–water partition coefficient (Wildman–Crippen LogP) is 2.90. The van der Waals surface area contributed by atoms with Crippen LogP contribution in [0.2, 0.25) is 0 Å². The van der Waals surface area contributed by atoms with E-state index in [4.69, 9.17) is 4.74 Å². The van der Waals surface area contributed by atoms with Crippen molar-refractivity contribution in [1.82, 2.24) is 9.59 Å². The Morgan fingerprint density at radius 2 is 2.04 bits per heavy atom. The fourth-order valence-electron chi connectivity index (χ4n) is 1.71. The Bertz CT molecular complexity index is 671. The zero-order valence-corrected chi connectivity index (χ0v) is 14.5. The maximum absolute atomic E-state index is 12.0. The Kier molecular flexibility index (Phi) is 6.54. The monoisotopic (exact) mass is 351 g/mol. The van der Waals surface area contributed by atoms with E-state index in [1.165, 1.54) is 22.9 Å². The van der Waals surface area contributed by atoms with E-state index >= 15 is 0 Å². The van der Waals surface area contributed by atoms with E-state index < -0.39 is 5.97 Å². The molecule has 23 heavy (non-hydrogen) atoms. The molecule has 0 radical (unpaired) electrons. The lowest BCUT2D eigenvalue weighted by atomic mass is 10.2. The van der Waals surface area contributed by atoms with Gasteiger partial charge >= 0.3 is 5.97 Å².